The number of rotatable bonds is 3. The van der Waals surface area contributed by atoms with Crippen LogP contribution >= 0.6 is 35.6 Å². The third-order valence-electron chi connectivity index (χ3n) is 1.96. The summed E-state index contributed by atoms with van der Waals surface area (Å²) < 4.78 is 0. The van der Waals surface area contributed by atoms with Gasteiger partial charge in [0, 0.05) is 16.1 Å². The average molecular weight is 255 g/mol. The SMILES string of the molecule is CCC[C@H](N)c1ccc(Cl)cc1Cl.Cl. The van der Waals surface area contributed by atoms with Gasteiger partial charge in [-0.1, -0.05) is 42.6 Å². The van der Waals surface area contributed by atoms with Crippen LogP contribution in [-0.4, -0.2) is 0 Å². The number of benzene rings is 1. The lowest BCUT2D eigenvalue weighted by atomic mass is 10.0. The quantitative estimate of drug-likeness (QED) is 0.859. The third kappa shape index (κ3) is 3.66. The Labute approximate surface area is 101 Å². The highest BCUT2D eigenvalue weighted by molar-refractivity contribution is 6.35. The summed E-state index contributed by atoms with van der Waals surface area (Å²) in [6.45, 7) is 2.10. The maximum absolute atomic E-state index is 6.00. The molecule has 0 saturated heterocycles. The van der Waals surface area contributed by atoms with Crippen molar-refractivity contribution in [2.24, 2.45) is 5.73 Å². The van der Waals surface area contributed by atoms with Crippen LogP contribution in [0.2, 0.25) is 10.0 Å². The first kappa shape index (κ1) is 14.1. The summed E-state index contributed by atoms with van der Waals surface area (Å²) in [6.07, 6.45) is 2.00. The number of halogens is 3. The van der Waals surface area contributed by atoms with Crippen molar-refractivity contribution in [3.05, 3.63) is 33.8 Å². The summed E-state index contributed by atoms with van der Waals surface area (Å²) in [4.78, 5) is 0. The summed E-state index contributed by atoms with van der Waals surface area (Å²) in [7, 11) is 0. The molecule has 0 aliphatic heterocycles. The molecular weight excluding hydrogens is 240 g/mol. The van der Waals surface area contributed by atoms with E-state index < -0.39 is 0 Å². The predicted molar refractivity (Wildman–Crippen MR) is 65.5 cm³/mol. The molecule has 1 rings (SSSR count). The number of hydrogen-bond acceptors (Lipinski definition) is 1. The van der Waals surface area contributed by atoms with Crippen molar-refractivity contribution < 1.29 is 0 Å². The van der Waals surface area contributed by atoms with Crippen LogP contribution in [0.1, 0.15) is 31.4 Å². The van der Waals surface area contributed by atoms with Gasteiger partial charge in [-0.05, 0) is 24.1 Å². The first-order chi connectivity index (χ1) is 6.15. The van der Waals surface area contributed by atoms with Crippen molar-refractivity contribution >= 4 is 35.6 Å². The summed E-state index contributed by atoms with van der Waals surface area (Å²) in [5, 5.41) is 1.31. The van der Waals surface area contributed by atoms with E-state index in [9.17, 15) is 0 Å². The summed E-state index contributed by atoms with van der Waals surface area (Å²) in [5.74, 6) is 0. The monoisotopic (exact) mass is 253 g/mol. The van der Waals surface area contributed by atoms with Crippen LogP contribution < -0.4 is 5.73 Å². The molecule has 2 N–H and O–H groups in total. The molecule has 0 aromatic heterocycles. The second kappa shape index (κ2) is 6.52. The zero-order valence-electron chi connectivity index (χ0n) is 7.97. The number of nitrogens with two attached hydrogens (primary N) is 1. The van der Waals surface area contributed by atoms with Crippen LogP contribution in [-0.2, 0) is 0 Å². The van der Waals surface area contributed by atoms with Crippen LogP contribution in [0, 0.1) is 0 Å². The van der Waals surface area contributed by atoms with Crippen LogP contribution in [0.15, 0.2) is 18.2 Å². The highest BCUT2D eigenvalue weighted by atomic mass is 35.5. The Hall–Kier alpha value is 0.0500. The molecule has 0 aliphatic rings. The van der Waals surface area contributed by atoms with Gasteiger partial charge in [0.05, 0.1) is 0 Å². The van der Waals surface area contributed by atoms with E-state index in [1.54, 1.807) is 6.07 Å². The van der Waals surface area contributed by atoms with Gasteiger partial charge in [0.1, 0.15) is 0 Å². The third-order valence-corrected chi connectivity index (χ3v) is 2.52. The molecule has 1 atom stereocenters. The molecule has 14 heavy (non-hydrogen) atoms. The fourth-order valence-electron chi connectivity index (χ4n) is 1.27. The van der Waals surface area contributed by atoms with E-state index in [4.69, 9.17) is 28.9 Å². The minimum absolute atomic E-state index is 0. The molecule has 0 radical (unpaired) electrons. The summed E-state index contributed by atoms with van der Waals surface area (Å²) >= 11 is 11.8. The lowest BCUT2D eigenvalue weighted by molar-refractivity contribution is 0.639. The lowest BCUT2D eigenvalue weighted by Gasteiger charge is -2.12. The van der Waals surface area contributed by atoms with Gasteiger partial charge < -0.3 is 5.73 Å². The van der Waals surface area contributed by atoms with Crippen LogP contribution in [0.5, 0.6) is 0 Å². The van der Waals surface area contributed by atoms with E-state index in [2.05, 4.69) is 6.92 Å². The van der Waals surface area contributed by atoms with E-state index in [0.29, 0.717) is 10.0 Å². The van der Waals surface area contributed by atoms with Crippen molar-refractivity contribution in [2.45, 2.75) is 25.8 Å². The molecule has 0 bridgehead atoms. The molecule has 0 aliphatic carbocycles. The second-order valence-corrected chi connectivity index (χ2v) is 3.90. The molecule has 1 aromatic carbocycles. The van der Waals surface area contributed by atoms with Gasteiger partial charge in [0.15, 0.2) is 0 Å². The topological polar surface area (TPSA) is 26.0 Å². The Morgan fingerprint density at radius 2 is 2.00 bits per heavy atom. The van der Waals surface area contributed by atoms with Crippen LogP contribution in [0.25, 0.3) is 0 Å². The van der Waals surface area contributed by atoms with Gasteiger partial charge in [-0.25, -0.2) is 0 Å². The molecular formula is C10H14Cl3N. The molecule has 80 valence electrons. The van der Waals surface area contributed by atoms with Gasteiger partial charge in [0.2, 0.25) is 0 Å². The van der Waals surface area contributed by atoms with E-state index in [0.717, 1.165) is 18.4 Å². The molecule has 0 spiro atoms. The van der Waals surface area contributed by atoms with Crippen molar-refractivity contribution in [3.63, 3.8) is 0 Å². The molecule has 4 heteroatoms. The first-order valence-electron chi connectivity index (χ1n) is 4.35. The fraction of sp³-hybridized carbons (Fsp3) is 0.400. The van der Waals surface area contributed by atoms with E-state index >= 15 is 0 Å². The average Bonchev–Trinajstić information content (AvgIpc) is 2.04. The maximum atomic E-state index is 6.00. The van der Waals surface area contributed by atoms with Crippen molar-refractivity contribution in [1.82, 2.24) is 0 Å². The Bertz CT molecular complexity index is 289. The van der Waals surface area contributed by atoms with E-state index in [1.807, 2.05) is 12.1 Å². The number of hydrogen-bond donors (Lipinski definition) is 1. The van der Waals surface area contributed by atoms with Gasteiger partial charge in [0.25, 0.3) is 0 Å². The van der Waals surface area contributed by atoms with E-state index in [1.165, 1.54) is 0 Å². The molecule has 0 saturated carbocycles. The van der Waals surface area contributed by atoms with Gasteiger partial charge in [-0.2, -0.15) is 0 Å². The van der Waals surface area contributed by atoms with Crippen LogP contribution in [0.3, 0.4) is 0 Å². The fourth-order valence-corrected chi connectivity index (χ4v) is 1.82. The van der Waals surface area contributed by atoms with Crippen molar-refractivity contribution in [3.8, 4) is 0 Å². The molecule has 0 amide bonds. The zero-order chi connectivity index (χ0) is 9.84. The van der Waals surface area contributed by atoms with Gasteiger partial charge >= 0.3 is 0 Å². The molecule has 1 nitrogen and oxygen atoms in total. The Kier molecular flexibility index (Phi) is 6.54. The Morgan fingerprint density at radius 3 is 2.50 bits per heavy atom. The van der Waals surface area contributed by atoms with Crippen molar-refractivity contribution in [2.75, 3.05) is 0 Å². The largest absolute Gasteiger partial charge is 0.324 e. The highest BCUT2D eigenvalue weighted by Crippen LogP contribution is 2.27. The zero-order valence-corrected chi connectivity index (χ0v) is 10.3. The molecule has 0 fully saturated rings. The highest BCUT2D eigenvalue weighted by Gasteiger charge is 2.08. The standard InChI is InChI=1S/C10H13Cl2N.ClH/c1-2-3-10(13)8-5-4-7(11)6-9(8)12;/h4-6,10H,2-3,13H2,1H3;1H/t10-;/m0./s1. The van der Waals surface area contributed by atoms with E-state index in [-0.39, 0.29) is 18.4 Å². The lowest BCUT2D eigenvalue weighted by Crippen LogP contribution is -2.10. The van der Waals surface area contributed by atoms with Crippen molar-refractivity contribution in [1.29, 1.82) is 0 Å². The molecule has 0 unspecified atom stereocenters. The normalized spacial score (nSPS) is 12.0. The molecule has 0 heterocycles. The Morgan fingerprint density at radius 1 is 1.36 bits per heavy atom. The van der Waals surface area contributed by atoms with Crippen LogP contribution in [0.4, 0.5) is 0 Å². The van der Waals surface area contributed by atoms with Gasteiger partial charge in [-0.15, -0.1) is 12.4 Å². The smallest absolute Gasteiger partial charge is 0.0468 e. The minimum atomic E-state index is 0. The maximum Gasteiger partial charge on any atom is 0.0468 e. The predicted octanol–water partition coefficient (Wildman–Crippen LogP) is 4.22. The Balaban J connectivity index is 0.00000169. The first-order valence-corrected chi connectivity index (χ1v) is 5.11. The minimum Gasteiger partial charge on any atom is -0.324 e. The molecule has 1 aromatic rings. The summed E-state index contributed by atoms with van der Waals surface area (Å²) in [6, 6.07) is 5.46. The van der Waals surface area contributed by atoms with Gasteiger partial charge in [-0.3, -0.25) is 0 Å². The second-order valence-electron chi connectivity index (χ2n) is 3.06. The summed E-state index contributed by atoms with van der Waals surface area (Å²) in [5.41, 5.74) is 6.91.